The number of benzene rings is 2. The highest BCUT2D eigenvalue weighted by Gasteiger charge is 2.28. The highest BCUT2D eigenvalue weighted by molar-refractivity contribution is 5.99. The summed E-state index contributed by atoms with van der Waals surface area (Å²) in [4.78, 5) is 50.8. The van der Waals surface area contributed by atoms with Gasteiger partial charge in [0.05, 0.1) is 0 Å². The predicted octanol–water partition coefficient (Wildman–Crippen LogP) is 3.68. The molecule has 8 heteroatoms. The van der Waals surface area contributed by atoms with E-state index in [1.807, 2.05) is 60.7 Å². The average molecular weight is 523 g/mol. The van der Waals surface area contributed by atoms with Crippen molar-refractivity contribution in [2.45, 2.75) is 77.7 Å². The van der Waals surface area contributed by atoms with Crippen LogP contribution in [0.5, 0.6) is 0 Å². The Balaban J connectivity index is 2.09. The third-order valence-corrected chi connectivity index (χ3v) is 4.97. The molecule has 2 atom stereocenters. The topological polar surface area (TPSA) is 111 Å². The lowest BCUT2D eigenvalue weighted by atomic mass is 10.1. The molecule has 8 nitrogen and oxygen atoms in total. The van der Waals surface area contributed by atoms with Crippen molar-refractivity contribution in [1.82, 2.24) is 10.6 Å². The zero-order valence-corrected chi connectivity index (χ0v) is 22.9. The molecule has 0 bridgehead atoms. The number of hydrogen-bond acceptors (Lipinski definition) is 6. The van der Waals surface area contributed by atoms with Crippen LogP contribution in [0.3, 0.4) is 0 Å². The monoisotopic (exact) mass is 522 g/mol. The molecule has 0 spiro atoms. The second-order valence-electron chi connectivity index (χ2n) is 10.9. The number of nitrogens with one attached hydrogen (secondary N) is 2. The maximum atomic E-state index is 12.8. The molecule has 0 heterocycles. The molecule has 2 amide bonds. The second kappa shape index (κ2) is 13.6. The van der Waals surface area contributed by atoms with Crippen LogP contribution in [-0.4, -0.2) is 47.0 Å². The predicted molar refractivity (Wildman–Crippen MR) is 145 cm³/mol. The third kappa shape index (κ3) is 11.9. The number of ether oxygens (including phenoxy) is 2. The van der Waals surface area contributed by atoms with E-state index < -0.39 is 47.0 Å². The number of amides is 2. The SMILES string of the molecule is CC(C)(C)OC(=O)[C@H](Cc1ccccc1)NC(=O)/C=C/C(=O)N[C@@H](Cc1ccccc1)C(=O)OC(C)(C)C. The summed E-state index contributed by atoms with van der Waals surface area (Å²) in [6.45, 7) is 10.5. The maximum absolute atomic E-state index is 12.8. The van der Waals surface area contributed by atoms with Gasteiger partial charge in [0.2, 0.25) is 11.8 Å². The van der Waals surface area contributed by atoms with Crippen LogP contribution in [0, 0.1) is 0 Å². The summed E-state index contributed by atoms with van der Waals surface area (Å²) in [6, 6.07) is 16.5. The van der Waals surface area contributed by atoms with Crippen LogP contribution in [0.2, 0.25) is 0 Å². The molecule has 2 N–H and O–H groups in total. The van der Waals surface area contributed by atoms with Crippen molar-refractivity contribution in [3.8, 4) is 0 Å². The first-order valence-corrected chi connectivity index (χ1v) is 12.5. The van der Waals surface area contributed by atoms with Crippen LogP contribution < -0.4 is 10.6 Å². The summed E-state index contributed by atoms with van der Waals surface area (Å²) >= 11 is 0. The highest BCUT2D eigenvalue weighted by Crippen LogP contribution is 2.13. The minimum absolute atomic E-state index is 0.222. The molecule has 38 heavy (non-hydrogen) atoms. The van der Waals surface area contributed by atoms with Gasteiger partial charge in [0, 0.05) is 25.0 Å². The van der Waals surface area contributed by atoms with Crippen molar-refractivity contribution in [1.29, 1.82) is 0 Å². The first-order chi connectivity index (χ1) is 17.7. The van der Waals surface area contributed by atoms with E-state index in [1.165, 1.54) is 0 Å². The van der Waals surface area contributed by atoms with Gasteiger partial charge in [-0.05, 0) is 52.7 Å². The van der Waals surface area contributed by atoms with Crippen LogP contribution in [0.15, 0.2) is 72.8 Å². The number of carbonyl (C=O) groups excluding carboxylic acids is 4. The highest BCUT2D eigenvalue weighted by atomic mass is 16.6. The molecule has 2 aromatic rings. The van der Waals surface area contributed by atoms with E-state index in [2.05, 4.69) is 10.6 Å². The van der Waals surface area contributed by atoms with Crippen LogP contribution >= 0.6 is 0 Å². The van der Waals surface area contributed by atoms with Gasteiger partial charge in [-0.15, -0.1) is 0 Å². The van der Waals surface area contributed by atoms with Crippen molar-refractivity contribution >= 4 is 23.8 Å². The molecule has 2 rings (SSSR count). The molecule has 0 saturated carbocycles. The number of rotatable bonds is 10. The molecule has 0 aliphatic carbocycles. The molecule has 204 valence electrons. The van der Waals surface area contributed by atoms with Gasteiger partial charge in [-0.1, -0.05) is 60.7 Å². The normalized spacial score (nSPS) is 13.3. The Bertz CT molecular complexity index is 1030. The summed E-state index contributed by atoms with van der Waals surface area (Å²) < 4.78 is 10.9. The summed E-state index contributed by atoms with van der Waals surface area (Å²) in [7, 11) is 0. The van der Waals surface area contributed by atoms with Crippen LogP contribution in [0.25, 0.3) is 0 Å². The lowest BCUT2D eigenvalue weighted by Crippen LogP contribution is -2.46. The van der Waals surface area contributed by atoms with Crippen LogP contribution in [0.4, 0.5) is 0 Å². The first-order valence-electron chi connectivity index (χ1n) is 12.5. The fourth-order valence-electron chi connectivity index (χ4n) is 3.42. The van der Waals surface area contributed by atoms with Crippen molar-refractivity contribution in [2.24, 2.45) is 0 Å². The summed E-state index contributed by atoms with van der Waals surface area (Å²) in [5.41, 5.74) is 0.210. The molecule has 0 aliphatic heterocycles. The van der Waals surface area contributed by atoms with Gasteiger partial charge in [0.1, 0.15) is 23.3 Å². The summed E-state index contributed by atoms with van der Waals surface area (Å²) in [5.74, 6) is -2.46. The molecule has 2 aromatic carbocycles. The van der Waals surface area contributed by atoms with Gasteiger partial charge in [-0.2, -0.15) is 0 Å². The van der Waals surface area contributed by atoms with Gasteiger partial charge < -0.3 is 20.1 Å². The van der Waals surface area contributed by atoms with Crippen molar-refractivity contribution < 1.29 is 28.7 Å². The molecular weight excluding hydrogens is 484 g/mol. The van der Waals surface area contributed by atoms with Crippen molar-refractivity contribution in [3.63, 3.8) is 0 Å². The lowest BCUT2D eigenvalue weighted by Gasteiger charge is -2.24. The molecule has 0 saturated heterocycles. The average Bonchev–Trinajstić information content (AvgIpc) is 2.81. The minimum atomic E-state index is -0.954. The van der Waals surface area contributed by atoms with E-state index in [0.717, 1.165) is 23.3 Å². The van der Waals surface area contributed by atoms with E-state index in [9.17, 15) is 19.2 Å². The Morgan fingerprint density at radius 1 is 0.632 bits per heavy atom. The van der Waals surface area contributed by atoms with Gasteiger partial charge in [0.15, 0.2) is 0 Å². The minimum Gasteiger partial charge on any atom is -0.458 e. The van der Waals surface area contributed by atoms with E-state index in [1.54, 1.807) is 41.5 Å². The van der Waals surface area contributed by atoms with Gasteiger partial charge in [-0.25, -0.2) is 9.59 Å². The van der Waals surface area contributed by atoms with Crippen molar-refractivity contribution in [3.05, 3.63) is 83.9 Å². The summed E-state index contributed by atoms with van der Waals surface area (Å²) in [6.07, 6.45) is 2.48. The zero-order valence-electron chi connectivity index (χ0n) is 22.9. The van der Waals surface area contributed by atoms with E-state index in [0.29, 0.717) is 0 Å². The smallest absolute Gasteiger partial charge is 0.329 e. The molecular formula is C30H38N2O6. The number of hydrogen-bond donors (Lipinski definition) is 2. The first kappa shape index (κ1) is 30.3. The maximum Gasteiger partial charge on any atom is 0.329 e. The van der Waals surface area contributed by atoms with Crippen molar-refractivity contribution in [2.75, 3.05) is 0 Å². The molecule has 0 aliphatic rings. The Kier molecular flexibility index (Phi) is 10.8. The Morgan fingerprint density at radius 2 is 0.947 bits per heavy atom. The lowest BCUT2D eigenvalue weighted by molar-refractivity contribution is -0.159. The molecule has 0 fully saturated rings. The molecule has 0 unspecified atom stereocenters. The quantitative estimate of drug-likeness (QED) is 0.364. The van der Waals surface area contributed by atoms with Gasteiger partial charge in [-0.3, -0.25) is 9.59 Å². The van der Waals surface area contributed by atoms with E-state index in [4.69, 9.17) is 9.47 Å². The number of esters is 2. The van der Waals surface area contributed by atoms with Crippen LogP contribution in [0.1, 0.15) is 52.7 Å². The fourth-order valence-corrected chi connectivity index (χ4v) is 3.42. The van der Waals surface area contributed by atoms with Gasteiger partial charge in [0.25, 0.3) is 0 Å². The largest absolute Gasteiger partial charge is 0.458 e. The van der Waals surface area contributed by atoms with E-state index >= 15 is 0 Å². The standard InChI is InChI=1S/C30H38N2O6/c1-29(2,3)37-27(35)23(19-21-13-9-7-10-14-21)31-25(33)17-18-26(34)32-24(28(36)38-30(4,5)6)20-22-15-11-8-12-16-22/h7-18,23-24H,19-20H2,1-6H3,(H,31,33)(H,32,34)/b18-17+/t23-,24-/m0/s1. The van der Waals surface area contributed by atoms with E-state index in [-0.39, 0.29) is 12.8 Å². The zero-order chi connectivity index (χ0) is 28.3. The van der Waals surface area contributed by atoms with Crippen LogP contribution in [-0.2, 0) is 41.5 Å². The Labute approximate surface area is 224 Å². The molecule has 0 aromatic heterocycles. The molecule has 0 radical (unpaired) electrons. The Morgan fingerprint density at radius 3 is 1.24 bits per heavy atom. The third-order valence-electron chi connectivity index (χ3n) is 4.97. The number of carbonyl (C=O) groups is 4. The second-order valence-corrected chi connectivity index (χ2v) is 10.9. The fraction of sp³-hybridized carbons (Fsp3) is 0.400. The van der Waals surface area contributed by atoms with Gasteiger partial charge >= 0.3 is 11.9 Å². The Hall–Kier alpha value is -3.94. The summed E-state index contributed by atoms with van der Waals surface area (Å²) in [5, 5.41) is 5.24.